The van der Waals surface area contributed by atoms with E-state index in [0.717, 1.165) is 0 Å². The second-order valence-corrected chi connectivity index (χ2v) is 9.56. The first-order valence-electron chi connectivity index (χ1n) is 10.7. The third-order valence-electron chi connectivity index (χ3n) is 5.17. The molecule has 0 bridgehead atoms. The fourth-order valence-electron chi connectivity index (χ4n) is 1.96. The molecule has 1 amide bonds. The van der Waals surface area contributed by atoms with Crippen LogP contribution in [0.3, 0.4) is 0 Å². The summed E-state index contributed by atoms with van der Waals surface area (Å²) in [6.07, 6.45) is -0.360. The minimum atomic E-state index is -3.55. The number of sulfonamides is 1. The molecule has 0 unspecified atom stereocenters. The molecule has 0 spiro atoms. The third kappa shape index (κ3) is 11.5. The number of benzene rings is 1. The molecule has 0 fully saturated rings. The van der Waals surface area contributed by atoms with Crippen LogP contribution in [-0.2, 0) is 10.0 Å². The summed E-state index contributed by atoms with van der Waals surface area (Å²) in [5.41, 5.74) is -1.56. The zero-order valence-corrected chi connectivity index (χ0v) is 20.9. The number of aliphatic hydroxyl groups is 10. The molecule has 1 aliphatic heterocycles. The summed E-state index contributed by atoms with van der Waals surface area (Å²) in [4.78, 5) is 11.1. The van der Waals surface area contributed by atoms with Crippen LogP contribution in [0.25, 0.3) is 0 Å². The Morgan fingerprint density at radius 3 is 1.36 bits per heavy atom. The normalized spacial score (nSPS) is 13.8. The quantitative estimate of drug-likeness (QED) is 0.133. The van der Waals surface area contributed by atoms with E-state index in [4.69, 9.17) is 51.1 Å². The fraction of sp³-hybridized carbons (Fsp3) is 0.667. The van der Waals surface area contributed by atoms with E-state index in [2.05, 4.69) is 0 Å². The van der Waals surface area contributed by atoms with E-state index >= 15 is 0 Å². The lowest BCUT2D eigenvalue weighted by atomic mass is 9.88. The van der Waals surface area contributed by atoms with Gasteiger partial charge in [-0.3, -0.25) is 4.79 Å². The molecule has 212 valence electrons. The van der Waals surface area contributed by atoms with Gasteiger partial charge in [0.05, 0.1) is 70.4 Å². The van der Waals surface area contributed by atoms with Gasteiger partial charge in [-0.1, -0.05) is 19.1 Å². The zero-order valence-electron chi connectivity index (χ0n) is 20.1. The van der Waals surface area contributed by atoms with Gasteiger partial charge in [0.2, 0.25) is 0 Å². The van der Waals surface area contributed by atoms with Gasteiger partial charge in [-0.25, -0.2) is 13.1 Å². The number of hydrogen-bond donors (Lipinski definition) is 11. The van der Waals surface area contributed by atoms with E-state index in [1.807, 2.05) is 11.6 Å². The summed E-state index contributed by atoms with van der Waals surface area (Å²) in [5, 5.41) is 84.0. The van der Waals surface area contributed by atoms with Crippen molar-refractivity contribution in [3.8, 4) is 0 Å². The van der Waals surface area contributed by atoms with Gasteiger partial charge >= 0.3 is 0 Å². The molecule has 0 aliphatic carbocycles. The summed E-state index contributed by atoms with van der Waals surface area (Å²) < 4.78 is 24.2. The molecule has 0 saturated carbocycles. The SMILES string of the molecule is CCC(CO)(CO)CO.O=C1NS(=O)(=O)c2ccccc21.OCC(CO)(CO)CO.OCC(O)CO. The van der Waals surface area contributed by atoms with Crippen molar-refractivity contribution >= 4 is 15.9 Å². The Morgan fingerprint density at radius 1 is 0.750 bits per heavy atom. The van der Waals surface area contributed by atoms with E-state index < -0.39 is 59.3 Å². The number of fused-ring (bicyclic) bond motifs is 1. The number of carbonyl (C=O) groups excluding carboxylic acids is 1. The van der Waals surface area contributed by atoms with Gasteiger partial charge in [0.15, 0.2) is 0 Å². The zero-order chi connectivity index (χ0) is 28.4. The van der Waals surface area contributed by atoms with E-state index in [0.29, 0.717) is 6.42 Å². The van der Waals surface area contributed by atoms with Crippen LogP contribution in [0, 0.1) is 10.8 Å². The van der Waals surface area contributed by atoms with Crippen molar-refractivity contribution < 1.29 is 64.3 Å². The summed E-state index contributed by atoms with van der Waals surface area (Å²) in [7, 11) is -3.55. The molecule has 2 rings (SSSR count). The highest BCUT2D eigenvalue weighted by Gasteiger charge is 2.31. The Bertz CT molecular complexity index is 768. The van der Waals surface area contributed by atoms with Crippen LogP contribution in [-0.4, -0.2) is 131 Å². The molecule has 15 heteroatoms. The molecule has 0 radical (unpaired) electrons. The largest absolute Gasteiger partial charge is 0.396 e. The van der Waals surface area contributed by atoms with Gasteiger partial charge in [-0.15, -0.1) is 0 Å². The number of aliphatic hydroxyl groups excluding tert-OH is 10. The Labute approximate surface area is 209 Å². The van der Waals surface area contributed by atoms with E-state index in [-0.39, 0.29) is 43.5 Å². The Balaban J connectivity index is 0. The number of hydrogen-bond acceptors (Lipinski definition) is 13. The predicted octanol–water partition coefficient (Wildman–Crippen LogP) is -4.25. The smallest absolute Gasteiger partial charge is 0.266 e. The first kappa shape index (κ1) is 36.4. The van der Waals surface area contributed by atoms with Crippen LogP contribution in [0.5, 0.6) is 0 Å². The van der Waals surface area contributed by atoms with Crippen molar-refractivity contribution in [2.45, 2.75) is 24.3 Å². The van der Waals surface area contributed by atoms with Crippen molar-refractivity contribution in [3.05, 3.63) is 29.8 Å². The van der Waals surface area contributed by atoms with E-state index in [1.54, 1.807) is 12.1 Å². The van der Waals surface area contributed by atoms with Crippen LogP contribution < -0.4 is 4.72 Å². The lowest BCUT2D eigenvalue weighted by Gasteiger charge is -2.24. The molecule has 14 nitrogen and oxygen atoms in total. The number of amides is 1. The number of rotatable bonds is 10. The number of carbonyl (C=O) groups is 1. The maximum absolute atomic E-state index is 11.1. The lowest BCUT2D eigenvalue weighted by molar-refractivity contribution is -0.0328. The molecular weight excluding hydrogens is 506 g/mol. The van der Waals surface area contributed by atoms with Crippen LogP contribution >= 0.6 is 0 Å². The monoisotopic (exact) mass is 545 g/mol. The lowest BCUT2D eigenvalue weighted by Crippen LogP contribution is -2.37. The molecule has 11 N–H and O–H groups in total. The van der Waals surface area contributed by atoms with Gasteiger partial charge in [-0.05, 0) is 18.6 Å². The third-order valence-corrected chi connectivity index (χ3v) is 6.56. The second-order valence-electron chi connectivity index (χ2n) is 7.91. The van der Waals surface area contributed by atoms with Gasteiger partial charge in [0, 0.05) is 5.41 Å². The van der Waals surface area contributed by atoms with Gasteiger partial charge in [0.1, 0.15) is 11.0 Å². The minimum absolute atomic E-state index is 0.0648. The average molecular weight is 546 g/mol. The maximum Gasteiger partial charge on any atom is 0.266 e. The van der Waals surface area contributed by atoms with Gasteiger partial charge < -0.3 is 51.1 Å². The van der Waals surface area contributed by atoms with Crippen LogP contribution in [0.4, 0.5) is 0 Å². The molecule has 1 heterocycles. The highest BCUT2D eigenvalue weighted by Crippen LogP contribution is 2.21. The molecule has 1 aliphatic rings. The first-order chi connectivity index (χ1) is 16.9. The summed E-state index contributed by atoms with van der Waals surface area (Å²) in [6.45, 7) is -1.00. The molecular formula is C21H39NO13S. The molecule has 0 saturated heterocycles. The highest BCUT2D eigenvalue weighted by atomic mass is 32.2. The Kier molecular flexibility index (Phi) is 18.7. The van der Waals surface area contributed by atoms with Crippen molar-refractivity contribution in [3.63, 3.8) is 0 Å². The predicted molar refractivity (Wildman–Crippen MR) is 126 cm³/mol. The van der Waals surface area contributed by atoms with Crippen LogP contribution in [0.2, 0.25) is 0 Å². The van der Waals surface area contributed by atoms with Crippen molar-refractivity contribution in [1.82, 2.24) is 4.72 Å². The summed E-state index contributed by atoms with van der Waals surface area (Å²) in [5.74, 6) is -0.550. The topological polar surface area (TPSA) is 266 Å². The van der Waals surface area contributed by atoms with Crippen molar-refractivity contribution in [2.24, 2.45) is 10.8 Å². The minimum Gasteiger partial charge on any atom is -0.396 e. The Hall–Kier alpha value is -1.76. The number of nitrogens with one attached hydrogen (secondary N) is 1. The summed E-state index contributed by atoms with van der Waals surface area (Å²) in [6, 6.07) is 6.09. The van der Waals surface area contributed by atoms with Gasteiger partial charge in [0.25, 0.3) is 15.9 Å². The molecule has 1 aromatic carbocycles. The molecule has 1 aromatic rings. The van der Waals surface area contributed by atoms with Gasteiger partial charge in [-0.2, -0.15) is 0 Å². The fourth-order valence-corrected chi connectivity index (χ4v) is 3.14. The average Bonchev–Trinajstić information content (AvgIpc) is 3.16. The van der Waals surface area contributed by atoms with Crippen LogP contribution in [0.1, 0.15) is 23.7 Å². The Morgan fingerprint density at radius 2 is 1.14 bits per heavy atom. The maximum atomic E-state index is 11.1. The first-order valence-corrected chi connectivity index (χ1v) is 12.2. The van der Waals surface area contributed by atoms with Crippen LogP contribution in [0.15, 0.2) is 29.2 Å². The molecule has 36 heavy (non-hydrogen) atoms. The summed E-state index contributed by atoms with van der Waals surface area (Å²) >= 11 is 0. The molecule has 0 aromatic heterocycles. The van der Waals surface area contributed by atoms with E-state index in [9.17, 15) is 13.2 Å². The van der Waals surface area contributed by atoms with Crippen molar-refractivity contribution in [2.75, 3.05) is 59.5 Å². The molecule has 0 atom stereocenters. The standard InChI is InChI=1S/C7H5NO3S.C6H14O3.C5H12O4.C3H8O3/c9-7-5-3-1-2-4-6(5)12(10,11)8-7;1-2-6(3-7,4-8)5-9;6-1-5(2-7,3-8)4-9;4-1-3(6)2-5/h1-4H,(H,8,9);7-9H,2-5H2,1H3;6-9H,1-4H2;3-6H,1-2H2. The van der Waals surface area contributed by atoms with Crippen molar-refractivity contribution in [1.29, 1.82) is 0 Å². The second kappa shape index (κ2) is 18.5. The highest BCUT2D eigenvalue weighted by molar-refractivity contribution is 7.90. The van der Waals surface area contributed by atoms with E-state index in [1.165, 1.54) is 12.1 Å².